The van der Waals surface area contributed by atoms with Gasteiger partial charge in [-0.2, -0.15) is 0 Å². The molecular formula is C17H13N3O4. The Morgan fingerprint density at radius 3 is 2.33 bits per heavy atom. The Bertz CT molecular complexity index is 886. The minimum Gasteiger partial charge on any atom is -0.477 e. The average molecular weight is 323 g/mol. The number of carboxylic acids is 1. The number of amides is 1. The summed E-state index contributed by atoms with van der Waals surface area (Å²) in [6.07, 6.45) is 1.51. The van der Waals surface area contributed by atoms with Crippen LogP contribution < -0.4 is 5.32 Å². The molecule has 0 bridgehead atoms. The van der Waals surface area contributed by atoms with Gasteiger partial charge in [0.25, 0.3) is 0 Å². The van der Waals surface area contributed by atoms with E-state index in [1.54, 1.807) is 18.2 Å². The molecule has 7 heteroatoms. The van der Waals surface area contributed by atoms with Gasteiger partial charge in [-0.3, -0.25) is 15.1 Å². The number of carboxylic acid groups (broad SMARTS) is 1. The number of hydrogen-bond acceptors (Lipinski definition) is 5. The number of aromatic nitrogens is 2. The monoisotopic (exact) mass is 323 g/mol. The van der Waals surface area contributed by atoms with Crippen molar-refractivity contribution in [2.75, 3.05) is 5.32 Å². The fraction of sp³-hybridized carbons (Fsp3) is 0.0588. The van der Waals surface area contributed by atoms with Crippen molar-refractivity contribution in [2.45, 2.75) is 6.92 Å². The quantitative estimate of drug-likeness (QED) is 0.600. The van der Waals surface area contributed by atoms with Crippen LogP contribution in [-0.2, 0) is 4.79 Å². The van der Waals surface area contributed by atoms with Gasteiger partial charge in [-0.1, -0.05) is 29.4 Å². The third-order valence-corrected chi connectivity index (χ3v) is 3.22. The fourth-order valence-corrected chi connectivity index (χ4v) is 2.09. The summed E-state index contributed by atoms with van der Waals surface area (Å²) >= 11 is 0. The topological polar surface area (TPSA) is 105 Å². The SMILES string of the molecule is CC(=O)Nc1onc(-c2ccccn2)c1C(=O)O.c1cc2cc-2c1. The van der Waals surface area contributed by atoms with E-state index in [2.05, 4.69) is 39.7 Å². The summed E-state index contributed by atoms with van der Waals surface area (Å²) in [7, 11) is 0. The van der Waals surface area contributed by atoms with E-state index in [9.17, 15) is 9.59 Å². The van der Waals surface area contributed by atoms with E-state index in [1.165, 1.54) is 24.2 Å². The first kappa shape index (κ1) is 15.4. The second-order valence-electron chi connectivity index (χ2n) is 5.02. The van der Waals surface area contributed by atoms with Crippen molar-refractivity contribution in [1.29, 1.82) is 0 Å². The maximum atomic E-state index is 11.2. The van der Waals surface area contributed by atoms with Gasteiger partial charge in [0.05, 0.1) is 5.69 Å². The van der Waals surface area contributed by atoms with Gasteiger partial charge in [0.2, 0.25) is 11.8 Å². The zero-order valence-corrected chi connectivity index (χ0v) is 12.7. The van der Waals surface area contributed by atoms with Crippen LogP contribution >= 0.6 is 0 Å². The lowest BCUT2D eigenvalue weighted by molar-refractivity contribution is -0.114. The summed E-state index contributed by atoms with van der Waals surface area (Å²) in [5.41, 5.74) is 3.07. The lowest BCUT2D eigenvalue weighted by Crippen LogP contribution is -2.09. The van der Waals surface area contributed by atoms with Crippen molar-refractivity contribution in [3.8, 4) is 22.5 Å². The molecule has 0 fully saturated rings. The molecule has 4 rings (SSSR count). The molecule has 0 unspecified atom stereocenters. The summed E-state index contributed by atoms with van der Waals surface area (Å²) in [4.78, 5) is 26.1. The molecule has 2 N–H and O–H groups in total. The molecule has 0 aliphatic heterocycles. The minimum atomic E-state index is -1.25. The lowest BCUT2D eigenvalue weighted by atomic mass is 10.1. The van der Waals surface area contributed by atoms with Crippen molar-refractivity contribution in [3.63, 3.8) is 0 Å². The second-order valence-corrected chi connectivity index (χ2v) is 5.02. The van der Waals surface area contributed by atoms with E-state index < -0.39 is 11.9 Å². The largest absolute Gasteiger partial charge is 0.477 e. The Kier molecular flexibility index (Phi) is 4.07. The molecule has 2 aromatic rings. The number of carbonyl (C=O) groups is 2. The van der Waals surface area contributed by atoms with Crippen LogP contribution in [0.2, 0.25) is 0 Å². The highest BCUT2D eigenvalue weighted by Gasteiger charge is 2.24. The predicted octanol–water partition coefficient (Wildman–Crippen LogP) is 3.06. The number of rotatable bonds is 3. The highest BCUT2D eigenvalue weighted by Crippen LogP contribution is 2.32. The maximum Gasteiger partial charge on any atom is 0.343 e. The van der Waals surface area contributed by atoms with Crippen molar-refractivity contribution in [1.82, 2.24) is 10.1 Å². The number of benzene rings is 1. The molecular weight excluding hydrogens is 310 g/mol. The van der Waals surface area contributed by atoms with Crippen LogP contribution in [0.25, 0.3) is 22.5 Å². The predicted molar refractivity (Wildman–Crippen MR) is 86.4 cm³/mol. The van der Waals surface area contributed by atoms with E-state index >= 15 is 0 Å². The normalized spacial score (nSPS) is 10.4. The van der Waals surface area contributed by atoms with E-state index in [1.807, 2.05) is 0 Å². The second kappa shape index (κ2) is 6.33. The Morgan fingerprint density at radius 1 is 1.12 bits per heavy atom. The molecule has 0 saturated carbocycles. The van der Waals surface area contributed by atoms with Crippen molar-refractivity contribution >= 4 is 17.8 Å². The number of aromatic carboxylic acids is 1. The first-order chi connectivity index (χ1) is 11.6. The van der Waals surface area contributed by atoms with Gasteiger partial charge in [0.1, 0.15) is 5.69 Å². The highest BCUT2D eigenvalue weighted by molar-refractivity contribution is 6.02. The number of nitrogens with zero attached hydrogens (tertiary/aromatic N) is 2. The Morgan fingerprint density at radius 2 is 1.88 bits per heavy atom. The molecule has 120 valence electrons. The first-order valence-electron chi connectivity index (χ1n) is 7.08. The molecule has 2 aliphatic rings. The first-order valence-corrected chi connectivity index (χ1v) is 7.08. The number of hydrogen-bond donors (Lipinski definition) is 2. The Labute approximate surface area is 136 Å². The van der Waals surface area contributed by atoms with Crippen LogP contribution in [0, 0.1) is 0 Å². The van der Waals surface area contributed by atoms with Gasteiger partial charge in [0.15, 0.2) is 5.56 Å². The molecule has 2 heterocycles. The van der Waals surface area contributed by atoms with Crippen LogP contribution in [-0.4, -0.2) is 27.1 Å². The van der Waals surface area contributed by atoms with Gasteiger partial charge < -0.3 is 9.63 Å². The summed E-state index contributed by atoms with van der Waals surface area (Å²) in [5.74, 6) is -1.89. The van der Waals surface area contributed by atoms with Crippen LogP contribution in [0.1, 0.15) is 17.3 Å². The van der Waals surface area contributed by atoms with Crippen molar-refractivity contribution in [2.24, 2.45) is 0 Å². The summed E-state index contributed by atoms with van der Waals surface area (Å²) < 4.78 is 4.82. The van der Waals surface area contributed by atoms with Crippen LogP contribution in [0.3, 0.4) is 0 Å². The molecule has 2 aliphatic carbocycles. The van der Waals surface area contributed by atoms with Gasteiger partial charge in [-0.15, -0.1) is 0 Å². The van der Waals surface area contributed by atoms with Gasteiger partial charge >= 0.3 is 5.97 Å². The lowest BCUT2D eigenvalue weighted by Gasteiger charge is -1.98. The molecule has 2 aromatic heterocycles. The third kappa shape index (κ3) is 3.30. The number of pyridine rings is 1. The highest BCUT2D eigenvalue weighted by atomic mass is 16.5. The Balaban J connectivity index is 0.000000231. The maximum absolute atomic E-state index is 11.2. The van der Waals surface area contributed by atoms with Crippen LogP contribution in [0.5, 0.6) is 0 Å². The Hall–Kier alpha value is -3.48. The standard InChI is InChI=1S/C11H9N3O4.C6H4/c1-6(15)13-10-8(11(16)17)9(14-18-10)7-4-2-3-5-12-7;1-2-5-4-6(5)3-1/h2-5H,1H3,(H,13,15)(H,16,17);1-4H. The molecule has 0 atom stereocenters. The zero-order valence-electron chi connectivity index (χ0n) is 12.7. The zero-order chi connectivity index (χ0) is 17.1. The van der Waals surface area contributed by atoms with Gasteiger partial charge in [-0.05, 0) is 29.3 Å². The van der Waals surface area contributed by atoms with E-state index in [4.69, 9.17) is 9.63 Å². The summed E-state index contributed by atoms with van der Waals surface area (Å²) in [6, 6.07) is 13.5. The van der Waals surface area contributed by atoms with E-state index in [0.29, 0.717) is 5.69 Å². The number of anilines is 1. The summed E-state index contributed by atoms with van der Waals surface area (Å²) in [5, 5.41) is 15.0. The van der Waals surface area contributed by atoms with Crippen LogP contribution in [0.4, 0.5) is 5.88 Å². The molecule has 0 aromatic carbocycles. The molecule has 7 nitrogen and oxygen atoms in total. The van der Waals surface area contributed by atoms with Gasteiger partial charge in [-0.25, -0.2) is 4.79 Å². The number of carbonyl (C=O) groups excluding carboxylic acids is 1. The van der Waals surface area contributed by atoms with Crippen LogP contribution in [0.15, 0.2) is 53.2 Å². The number of fused-ring (bicyclic) bond motifs is 1. The van der Waals surface area contributed by atoms with Crippen molar-refractivity contribution in [3.05, 3.63) is 54.2 Å². The minimum absolute atomic E-state index is 0.0758. The molecule has 24 heavy (non-hydrogen) atoms. The van der Waals surface area contributed by atoms with Crippen molar-refractivity contribution < 1.29 is 19.2 Å². The summed E-state index contributed by atoms with van der Waals surface area (Å²) in [6.45, 7) is 1.24. The third-order valence-electron chi connectivity index (χ3n) is 3.22. The van der Waals surface area contributed by atoms with E-state index in [-0.39, 0.29) is 17.1 Å². The molecule has 0 saturated heterocycles. The molecule has 1 amide bonds. The van der Waals surface area contributed by atoms with Gasteiger partial charge in [0, 0.05) is 13.1 Å². The fourth-order valence-electron chi connectivity index (χ4n) is 2.09. The smallest absolute Gasteiger partial charge is 0.343 e. The number of nitrogens with one attached hydrogen (secondary N) is 1. The molecule has 0 spiro atoms. The average Bonchev–Trinajstić information content (AvgIpc) is 2.96. The van der Waals surface area contributed by atoms with E-state index in [0.717, 1.165) is 0 Å². The molecule has 0 radical (unpaired) electrons.